The number of hydrogen-bond acceptors (Lipinski definition) is 3. The number of halogens is 1. The molecule has 0 radical (unpaired) electrons. The lowest BCUT2D eigenvalue weighted by Gasteiger charge is -2.23. The highest BCUT2D eigenvalue weighted by atomic mass is 19.1. The average molecular weight is 291 g/mol. The number of amides is 1. The zero-order chi connectivity index (χ0) is 14.9. The molecule has 1 unspecified atom stereocenters. The third-order valence-electron chi connectivity index (χ3n) is 4.52. The minimum atomic E-state index is -0.538. The van der Waals surface area contributed by atoms with E-state index in [0.717, 1.165) is 45.3 Å². The molecule has 1 atom stereocenters. The normalized spacial score (nSPS) is 25.3. The molecule has 2 saturated heterocycles. The molecule has 2 aliphatic heterocycles. The molecule has 4 nitrogen and oxygen atoms in total. The van der Waals surface area contributed by atoms with Crippen molar-refractivity contribution in [3.05, 3.63) is 24.0 Å². The second-order valence-electron chi connectivity index (χ2n) is 6.18. The Morgan fingerprint density at radius 1 is 1.33 bits per heavy atom. The van der Waals surface area contributed by atoms with Crippen molar-refractivity contribution in [1.29, 1.82) is 0 Å². The molecule has 0 spiro atoms. The molecule has 1 aromatic rings. The highest BCUT2D eigenvalue weighted by molar-refractivity contribution is 5.98. The molecule has 1 amide bonds. The van der Waals surface area contributed by atoms with E-state index in [1.54, 1.807) is 12.1 Å². The van der Waals surface area contributed by atoms with Crippen LogP contribution in [0.25, 0.3) is 0 Å². The Morgan fingerprint density at radius 2 is 2.10 bits per heavy atom. The first-order chi connectivity index (χ1) is 10.1. The van der Waals surface area contributed by atoms with Crippen molar-refractivity contribution < 1.29 is 9.18 Å². The zero-order valence-corrected chi connectivity index (χ0v) is 12.4. The summed E-state index contributed by atoms with van der Waals surface area (Å²) in [6.07, 6.45) is 4.03. The number of nitrogens with zero attached hydrogens (tertiary/aromatic N) is 1. The van der Waals surface area contributed by atoms with Gasteiger partial charge in [0, 0.05) is 18.8 Å². The van der Waals surface area contributed by atoms with E-state index < -0.39 is 5.54 Å². The van der Waals surface area contributed by atoms with Crippen molar-refractivity contribution in [2.45, 2.75) is 38.1 Å². The van der Waals surface area contributed by atoms with E-state index in [1.807, 2.05) is 6.92 Å². The van der Waals surface area contributed by atoms with Crippen LogP contribution in [0.1, 0.15) is 32.6 Å². The summed E-state index contributed by atoms with van der Waals surface area (Å²) in [5.74, 6) is -0.354. The van der Waals surface area contributed by atoms with E-state index in [1.165, 1.54) is 6.07 Å². The van der Waals surface area contributed by atoms with Crippen LogP contribution >= 0.6 is 0 Å². The summed E-state index contributed by atoms with van der Waals surface area (Å²) in [4.78, 5) is 14.3. The quantitative estimate of drug-likeness (QED) is 0.899. The van der Waals surface area contributed by atoms with Gasteiger partial charge in [-0.2, -0.15) is 0 Å². The van der Waals surface area contributed by atoms with Gasteiger partial charge in [0.05, 0.1) is 11.2 Å². The fourth-order valence-corrected chi connectivity index (χ4v) is 3.16. The van der Waals surface area contributed by atoms with Crippen LogP contribution in [0.5, 0.6) is 0 Å². The number of anilines is 2. The SMILES string of the molecule is CC1(C(=O)Nc2ccc(N3CCCC3)c(F)c2)CCCN1. The van der Waals surface area contributed by atoms with Gasteiger partial charge >= 0.3 is 0 Å². The first kappa shape index (κ1) is 14.3. The van der Waals surface area contributed by atoms with Crippen molar-refractivity contribution >= 4 is 17.3 Å². The second kappa shape index (κ2) is 5.64. The van der Waals surface area contributed by atoms with Gasteiger partial charge in [-0.05, 0) is 57.4 Å². The lowest BCUT2D eigenvalue weighted by Crippen LogP contribution is -2.47. The van der Waals surface area contributed by atoms with E-state index in [2.05, 4.69) is 15.5 Å². The molecular formula is C16H22FN3O. The van der Waals surface area contributed by atoms with Crippen LogP contribution in [0, 0.1) is 5.82 Å². The highest BCUT2D eigenvalue weighted by Gasteiger charge is 2.35. The summed E-state index contributed by atoms with van der Waals surface area (Å²) >= 11 is 0. The van der Waals surface area contributed by atoms with Crippen LogP contribution in [-0.2, 0) is 4.79 Å². The molecule has 2 fully saturated rings. The predicted molar refractivity (Wildman–Crippen MR) is 82.1 cm³/mol. The number of benzene rings is 1. The van der Waals surface area contributed by atoms with E-state index in [0.29, 0.717) is 11.4 Å². The molecule has 0 saturated carbocycles. The van der Waals surface area contributed by atoms with Crippen molar-refractivity contribution in [3.63, 3.8) is 0 Å². The summed E-state index contributed by atoms with van der Waals surface area (Å²) in [7, 11) is 0. The maximum atomic E-state index is 14.2. The Bertz CT molecular complexity index is 534. The lowest BCUT2D eigenvalue weighted by atomic mass is 9.99. The second-order valence-corrected chi connectivity index (χ2v) is 6.18. The Kier molecular flexibility index (Phi) is 3.85. The fraction of sp³-hybridized carbons (Fsp3) is 0.562. The number of carbonyl (C=O) groups excluding carboxylic acids is 1. The maximum Gasteiger partial charge on any atom is 0.244 e. The van der Waals surface area contributed by atoms with Crippen molar-refractivity contribution in [2.75, 3.05) is 29.9 Å². The maximum absolute atomic E-state index is 14.2. The van der Waals surface area contributed by atoms with Crippen LogP contribution in [-0.4, -0.2) is 31.1 Å². The lowest BCUT2D eigenvalue weighted by molar-refractivity contribution is -0.121. The number of carbonyl (C=O) groups is 1. The van der Waals surface area contributed by atoms with E-state index in [4.69, 9.17) is 0 Å². The first-order valence-corrected chi connectivity index (χ1v) is 7.69. The van der Waals surface area contributed by atoms with Crippen LogP contribution < -0.4 is 15.5 Å². The Balaban J connectivity index is 1.71. The Morgan fingerprint density at radius 3 is 2.71 bits per heavy atom. The summed E-state index contributed by atoms with van der Waals surface area (Å²) in [5, 5.41) is 6.03. The van der Waals surface area contributed by atoms with Crippen molar-refractivity contribution in [1.82, 2.24) is 5.32 Å². The van der Waals surface area contributed by atoms with E-state index in [-0.39, 0.29) is 11.7 Å². The molecule has 0 aliphatic carbocycles. The number of hydrogen-bond donors (Lipinski definition) is 2. The van der Waals surface area contributed by atoms with E-state index >= 15 is 0 Å². The monoisotopic (exact) mass is 291 g/mol. The summed E-state index contributed by atoms with van der Waals surface area (Å²) < 4.78 is 14.2. The van der Waals surface area contributed by atoms with Gasteiger partial charge in [0.25, 0.3) is 0 Å². The third-order valence-corrected chi connectivity index (χ3v) is 4.52. The molecule has 5 heteroatoms. The van der Waals surface area contributed by atoms with Gasteiger partial charge < -0.3 is 15.5 Å². The van der Waals surface area contributed by atoms with Gasteiger partial charge in [-0.15, -0.1) is 0 Å². The minimum absolute atomic E-state index is 0.0895. The summed E-state index contributed by atoms with van der Waals surface area (Å²) in [6, 6.07) is 4.97. The topological polar surface area (TPSA) is 44.4 Å². The van der Waals surface area contributed by atoms with Crippen molar-refractivity contribution in [2.24, 2.45) is 0 Å². The van der Waals surface area contributed by atoms with E-state index in [9.17, 15) is 9.18 Å². The smallest absolute Gasteiger partial charge is 0.244 e. The summed E-state index contributed by atoms with van der Waals surface area (Å²) in [6.45, 7) is 4.56. The Labute approximate surface area is 124 Å². The molecule has 0 aromatic heterocycles. The molecule has 2 aliphatic rings. The van der Waals surface area contributed by atoms with Gasteiger partial charge in [-0.1, -0.05) is 0 Å². The number of rotatable bonds is 3. The van der Waals surface area contributed by atoms with Crippen molar-refractivity contribution in [3.8, 4) is 0 Å². The van der Waals surface area contributed by atoms with Crippen LogP contribution in [0.2, 0.25) is 0 Å². The Hall–Kier alpha value is -1.62. The number of nitrogens with one attached hydrogen (secondary N) is 2. The molecule has 114 valence electrons. The third kappa shape index (κ3) is 2.88. The van der Waals surface area contributed by atoms with Crippen LogP contribution in [0.15, 0.2) is 18.2 Å². The van der Waals surface area contributed by atoms with Crippen LogP contribution in [0.4, 0.5) is 15.8 Å². The standard InChI is InChI=1S/C16H22FN3O/c1-16(7-4-8-18-16)15(21)19-12-5-6-14(13(17)11-12)20-9-2-3-10-20/h5-6,11,18H,2-4,7-10H2,1H3,(H,19,21). The van der Waals surface area contributed by atoms with Gasteiger partial charge in [-0.3, -0.25) is 4.79 Å². The minimum Gasteiger partial charge on any atom is -0.369 e. The molecule has 2 heterocycles. The fourth-order valence-electron chi connectivity index (χ4n) is 3.16. The molecular weight excluding hydrogens is 269 g/mol. The van der Waals surface area contributed by atoms with Gasteiger partial charge in [0.2, 0.25) is 5.91 Å². The van der Waals surface area contributed by atoms with Crippen LogP contribution in [0.3, 0.4) is 0 Å². The molecule has 21 heavy (non-hydrogen) atoms. The molecule has 3 rings (SSSR count). The zero-order valence-electron chi connectivity index (χ0n) is 12.4. The predicted octanol–water partition coefficient (Wildman–Crippen LogP) is 2.51. The molecule has 2 N–H and O–H groups in total. The summed E-state index contributed by atoms with van der Waals surface area (Å²) in [5.41, 5.74) is 0.621. The molecule has 1 aromatic carbocycles. The van der Waals surface area contributed by atoms with Gasteiger partial charge in [0.1, 0.15) is 5.82 Å². The van der Waals surface area contributed by atoms with Gasteiger partial charge in [-0.25, -0.2) is 4.39 Å². The van der Waals surface area contributed by atoms with Gasteiger partial charge in [0.15, 0.2) is 0 Å². The largest absolute Gasteiger partial charge is 0.369 e. The average Bonchev–Trinajstić information content (AvgIpc) is 3.11. The first-order valence-electron chi connectivity index (χ1n) is 7.69. The highest BCUT2D eigenvalue weighted by Crippen LogP contribution is 2.27. The molecule has 0 bridgehead atoms.